The van der Waals surface area contributed by atoms with Gasteiger partial charge < -0.3 is 20.3 Å². The summed E-state index contributed by atoms with van der Waals surface area (Å²) in [5, 5.41) is 27.0. The Labute approximate surface area is 206 Å². The number of imidazole rings is 1. The lowest BCUT2D eigenvalue weighted by molar-refractivity contribution is 0.0452. The Balaban J connectivity index is 1.47. The van der Waals surface area contributed by atoms with E-state index in [9.17, 15) is 15.0 Å². The van der Waals surface area contributed by atoms with E-state index in [0.29, 0.717) is 28.5 Å². The zero-order valence-electron chi connectivity index (χ0n) is 19.3. The maximum absolute atomic E-state index is 12.9. The number of carbonyl (C=O) groups excluding carboxylic acids is 1. The van der Waals surface area contributed by atoms with Crippen LogP contribution in [0, 0.1) is 6.92 Å². The lowest BCUT2D eigenvalue weighted by Crippen LogP contribution is -2.45. The minimum atomic E-state index is -0.621. The molecule has 3 aromatic heterocycles. The second kappa shape index (κ2) is 9.43. The molecule has 1 fully saturated rings. The fourth-order valence-corrected chi connectivity index (χ4v) is 4.73. The van der Waals surface area contributed by atoms with Crippen LogP contribution in [0.3, 0.4) is 0 Å². The summed E-state index contributed by atoms with van der Waals surface area (Å²) >= 11 is 6.74. The zero-order valence-corrected chi connectivity index (χ0v) is 20.1. The molecule has 1 amide bonds. The first kappa shape index (κ1) is 23.5. The van der Waals surface area contributed by atoms with Gasteiger partial charge in [0.15, 0.2) is 0 Å². The predicted octanol–water partition coefficient (Wildman–Crippen LogP) is 2.60. The number of hydrogen-bond donors (Lipinski definition) is 3. The van der Waals surface area contributed by atoms with E-state index in [0.717, 1.165) is 22.4 Å². The molecule has 0 bridgehead atoms. The van der Waals surface area contributed by atoms with Gasteiger partial charge in [-0.2, -0.15) is 5.10 Å². The molecular weight excluding hydrogens is 470 g/mol. The molecule has 5 rings (SSSR count). The third-order valence-corrected chi connectivity index (χ3v) is 6.87. The van der Waals surface area contributed by atoms with Gasteiger partial charge in [0.05, 0.1) is 37.7 Å². The number of benzene rings is 1. The number of carbonyl (C=O) groups is 1. The van der Waals surface area contributed by atoms with E-state index in [4.69, 9.17) is 21.3 Å². The number of aryl methyl sites for hydroxylation is 1. The number of hydrogen-bond acceptors (Lipinski definition) is 6. The highest BCUT2D eigenvalue weighted by molar-refractivity contribution is 6.32. The van der Waals surface area contributed by atoms with Crippen LogP contribution in [0.15, 0.2) is 48.8 Å². The van der Waals surface area contributed by atoms with Crippen molar-refractivity contribution in [1.29, 1.82) is 0 Å². The van der Waals surface area contributed by atoms with E-state index in [1.54, 1.807) is 22.7 Å². The van der Waals surface area contributed by atoms with Crippen molar-refractivity contribution in [1.82, 2.24) is 24.5 Å². The summed E-state index contributed by atoms with van der Waals surface area (Å²) in [5.74, 6) is -0.372. The summed E-state index contributed by atoms with van der Waals surface area (Å²) in [6.45, 7) is 1.90. The third kappa shape index (κ3) is 4.32. The smallest absolute Gasteiger partial charge is 0.251 e. The van der Waals surface area contributed by atoms with Gasteiger partial charge in [-0.15, -0.1) is 0 Å². The SMILES string of the molecule is Cc1c(-c2ccccc2-c2nc3cc(C(=O)N[C@H](CO)[C@@H]4C[C@H](O)CO4)ccn3c2Cl)cnn1C. The highest BCUT2D eigenvalue weighted by atomic mass is 35.5. The summed E-state index contributed by atoms with van der Waals surface area (Å²) in [7, 11) is 1.90. The van der Waals surface area contributed by atoms with Crippen LogP contribution in [-0.2, 0) is 11.8 Å². The summed E-state index contributed by atoms with van der Waals surface area (Å²) in [5.41, 5.74) is 5.33. The maximum atomic E-state index is 12.9. The van der Waals surface area contributed by atoms with Gasteiger partial charge in [-0.1, -0.05) is 35.9 Å². The Bertz CT molecular complexity index is 1400. The van der Waals surface area contributed by atoms with E-state index < -0.39 is 18.2 Å². The standard InChI is InChI=1S/C25H26ClN5O4/c1-14-19(11-27-30(14)2)17-5-3-4-6-18(17)23-24(26)31-8-7-15(9-22(31)29-23)25(34)28-20(12-32)21-10-16(33)13-35-21/h3-9,11,16,20-21,32-33H,10,12-13H2,1-2H3,(H,28,34)/t16-,20+,21-/m0/s1. The number of halogens is 1. The van der Waals surface area contributed by atoms with Gasteiger partial charge >= 0.3 is 0 Å². The number of amides is 1. The van der Waals surface area contributed by atoms with Crippen LogP contribution in [0.4, 0.5) is 0 Å². The highest BCUT2D eigenvalue weighted by Gasteiger charge is 2.32. The van der Waals surface area contributed by atoms with Crippen molar-refractivity contribution >= 4 is 23.2 Å². The molecule has 3 atom stereocenters. The quantitative estimate of drug-likeness (QED) is 0.379. The fourth-order valence-electron chi connectivity index (χ4n) is 4.44. The van der Waals surface area contributed by atoms with Crippen LogP contribution in [0.2, 0.25) is 5.15 Å². The summed E-state index contributed by atoms with van der Waals surface area (Å²) in [6, 6.07) is 10.5. The first-order chi connectivity index (χ1) is 16.9. The average molecular weight is 496 g/mol. The van der Waals surface area contributed by atoms with Crippen molar-refractivity contribution in [2.45, 2.75) is 31.6 Å². The normalized spacial score (nSPS) is 18.8. The molecule has 4 heterocycles. The van der Waals surface area contributed by atoms with Crippen LogP contribution in [0.5, 0.6) is 0 Å². The molecular formula is C25H26ClN5O4. The molecule has 3 N–H and O–H groups in total. The molecule has 1 aliphatic rings. The van der Waals surface area contributed by atoms with Gasteiger partial charge in [0, 0.05) is 42.0 Å². The Morgan fingerprint density at radius 3 is 2.71 bits per heavy atom. The van der Waals surface area contributed by atoms with Crippen molar-refractivity contribution in [3.05, 3.63) is 65.2 Å². The van der Waals surface area contributed by atoms with Crippen LogP contribution in [-0.4, -0.2) is 66.7 Å². The number of nitrogens with one attached hydrogen (secondary N) is 1. The van der Waals surface area contributed by atoms with Crippen LogP contribution in [0.25, 0.3) is 28.0 Å². The second-order valence-corrected chi connectivity index (χ2v) is 9.09. The molecule has 0 spiro atoms. The topological polar surface area (TPSA) is 114 Å². The molecule has 1 aliphatic heterocycles. The van der Waals surface area contributed by atoms with Crippen molar-refractivity contribution in [2.24, 2.45) is 7.05 Å². The number of nitrogens with zero attached hydrogens (tertiary/aromatic N) is 4. The van der Waals surface area contributed by atoms with E-state index in [2.05, 4.69) is 10.4 Å². The van der Waals surface area contributed by atoms with Crippen molar-refractivity contribution in [3.8, 4) is 22.4 Å². The number of aliphatic hydroxyl groups is 2. The number of aromatic nitrogens is 4. The predicted molar refractivity (Wildman–Crippen MR) is 131 cm³/mol. The van der Waals surface area contributed by atoms with E-state index in [-0.39, 0.29) is 19.1 Å². The molecule has 35 heavy (non-hydrogen) atoms. The average Bonchev–Trinajstić information content (AvgIpc) is 3.54. The summed E-state index contributed by atoms with van der Waals surface area (Å²) in [4.78, 5) is 17.7. The maximum Gasteiger partial charge on any atom is 0.251 e. The van der Waals surface area contributed by atoms with Crippen LogP contribution < -0.4 is 5.32 Å². The fraction of sp³-hybridized carbons (Fsp3) is 0.320. The largest absolute Gasteiger partial charge is 0.394 e. The number of aliphatic hydroxyl groups excluding tert-OH is 2. The van der Waals surface area contributed by atoms with Gasteiger partial charge in [0.25, 0.3) is 5.91 Å². The zero-order chi connectivity index (χ0) is 24.7. The number of ether oxygens (including phenoxy) is 1. The van der Waals surface area contributed by atoms with E-state index >= 15 is 0 Å². The molecule has 0 radical (unpaired) electrons. The number of pyridine rings is 1. The molecule has 10 heteroatoms. The molecule has 4 aromatic rings. The molecule has 1 saturated heterocycles. The number of fused-ring (bicyclic) bond motifs is 1. The van der Waals surface area contributed by atoms with Crippen molar-refractivity contribution < 1.29 is 19.7 Å². The van der Waals surface area contributed by atoms with Crippen molar-refractivity contribution in [2.75, 3.05) is 13.2 Å². The first-order valence-electron chi connectivity index (χ1n) is 11.3. The first-order valence-corrected chi connectivity index (χ1v) is 11.7. The Morgan fingerprint density at radius 1 is 1.29 bits per heavy atom. The minimum absolute atomic E-state index is 0.193. The van der Waals surface area contributed by atoms with Crippen LogP contribution in [0.1, 0.15) is 22.5 Å². The Kier molecular flexibility index (Phi) is 6.33. The monoisotopic (exact) mass is 495 g/mol. The minimum Gasteiger partial charge on any atom is -0.394 e. The molecule has 0 aliphatic carbocycles. The number of rotatable bonds is 6. The van der Waals surface area contributed by atoms with Gasteiger partial charge in [-0.3, -0.25) is 13.9 Å². The van der Waals surface area contributed by atoms with Gasteiger partial charge in [-0.05, 0) is 24.6 Å². The molecule has 182 valence electrons. The summed E-state index contributed by atoms with van der Waals surface area (Å²) in [6.07, 6.45) is 2.85. The summed E-state index contributed by atoms with van der Waals surface area (Å²) < 4.78 is 9.03. The molecule has 0 unspecified atom stereocenters. The van der Waals surface area contributed by atoms with E-state index in [1.165, 1.54) is 0 Å². The molecule has 0 saturated carbocycles. The van der Waals surface area contributed by atoms with Gasteiger partial charge in [0.1, 0.15) is 16.5 Å². The Morgan fingerprint density at radius 2 is 2.06 bits per heavy atom. The highest BCUT2D eigenvalue weighted by Crippen LogP contribution is 2.37. The van der Waals surface area contributed by atoms with Crippen molar-refractivity contribution in [3.63, 3.8) is 0 Å². The third-order valence-electron chi connectivity index (χ3n) is 6.51. The second-order valence-electron chi connectivity index (χ2n) is 8.73. The van der Waals surface area contributed by atoms with Crippen LogP contribution >= 0.6 is 11.6 Å². The van der Waals surface area contributed by atoms with Gasteiger partial charge in [-0.25, -0.2) is 4.98 Å². The molecule has 1 aromatic carbocycles. The van der Waals surface area contributed by atoms with Gasteiger partial charge in [0.2, 0.25) is 0 Å². The lowest BCUT2D eigenvalue weighted by atomic mass is 9.98. The Hall–Kier alpha value is -3.24. The van der Waals surface area contributed by atoms with E-state index in [1.807, 2.05) is 49.1 Å². The lowest BCUT2D eigenvalue weighted by Gasteiger charge is -2.22. The molecule has 9 nitrogen and oxygen atoms in total.